The van der Waals surface area contributed by atoms with Crippen LogP contribution in [-0.4, -0.2) is 13.9 Å². The van der Waals surface area contributed by atoms with Gasteiger partial charge in [-0.15, -0.1) is 0 Å². The largest absolute Gasteiger partial charge is 0.534 e. The third-order valence-electron chi connectivity index (χ3n) is 4.50. The smallest absolute Gasteiger partial charge is 0.372 e. The normalized spacial score (nSPS) is 12.4. The van der Waals surface area contributed by atoms with Crippen molar-refractivity contribution < 1.29 is 30.2 Å². The molecule has 0 saturated heterocycles. The van der Waals surface area contributed by atoms with Gasteiger partial charge in [0.2, 0.25) is 0 Å². The summed E-state index contributed by atoms with van der Waals surface area (Å²) in [6.07, 6.45) is 0. The molecule has 0 fully saturated rings. The van der Waals surface area contributed by atoms with Crippen LogP contribution in [0.15, 0.2) is 72.8 Å². The van der Waals surface area contributed by atoms with Crippen molar-refractivity contribution in [1.82, 2.24) is 0 Å². The van der Waals surface area contributed by atoms with Crippen LogP contribution >= 0.6 is 0 Å². The molecule has 0 N–H and O–H groups in total. The Morgan fingerprint density at radius 3 is 2.03 bits per heavy atom. The van der Waals surface area contributed by atoms with Crippen molar-refractivity contribution in [3.05, 3.63) is 78.6 Å². The molecule has 4 rings (SSSR count). The highest BCUT2D eigenvalue weighted by atomic mass is 32.2. The average Bonchev–Trinajstić information content (AvgIpc) is 2.68. The molecular weight excluding hydrogens is 408 g/mol. The molecule has 4 aromatic rings. The van der Waals surface area contributed by atoms with Gasteiger partial charge < -0.3 is 4.18 Å². The number of halogens is 4. The maximum Gasteiger partial charge on any atom is 0.534 e. The van der Waals surface area contributed by atoms with E-state index in [9.17, 15) is 26.0 Å². The number of fused-ring (bicyclic) bond motifs is 3. The van der Waals surface area contributed by atoms with Crippen LogP contribution < -0.4 is 4.18 Å². The number of alkyl halides is 3. The van der Waals surface area contributed by atoms with E-state index in [1.54, 1.807) is 36.4 Å². The molecule has 0 unspecified atom stereocenters. The monoisotopic (exact) mass is 420 g/mol. The molecule has 0 aliphatic carbocycles. The van der Waals surface area contributed by atoms with E-state index < -0.39 is 27.2 Å². The predicted octanol–water partition coefficient (Wildman–Crippen LogP) is 6.03. The Labute approximate surface area is 163 Å². The van der Waals surface area contributed by atoms with Crippen LogP contribution in [0.4, 0.5) is 17.6 Å². The van der Waals surface area contributed by atoms with Crippen LogP contribution in [0.3, 0.4) is 0 Å². The fourth-order valence-electron chi connectivity index (χ4n) is 3.24. The number of hydrogen-bond donors (Lipinski definition) is 0. The standard InChI is InChI=1S/C21H12F4O3S/c22-19-11-5-10-17(20(19)28-29(26,27)21(23,24)25)18-12-13-6-1-2-7-14(13)15-8-3-4-9-16(15)18/h1-12H. The van der Waals surface area contributed by atoms with E-state index in [1.165, 1.54) is 12.1 Å². The maximum absolute atomic E-state index is 14.4. The van der Waals surface area contributed by atoms with Crippen LogP contribution in [0.5, 0.6) is 5.75 Å². The molecule has 0 atom stereocenters. The van der Waals surface area contributed by atoms with Crippen LogP contribution in [0.25, 0.3) is 32.7 Å². The van der Waals surface area contributed by atoms with E-state index >= 15 is 0 Å². The van der Waals surface area contributed by atoms with Gasteiger partial charge in [0.1, 0.15) is 0 Å². The van der Waals surface area contributed by atoms with Crippen molar-refractivity contribution >= 4 is 31.7 Å². The van der Waals surface area contributed by atoms with Gasteiger partial charge in [0.25, 0.3) is 0 Å². The predicted molar refractivity (Wildman–Crippen MR) is 102 cm³/mol. The second-order valence-electron chi connectivity index (χ2n) is 6.29. The molecule has 4 aromatic carbocycles. The van der Waals surface area contributed by atoms with Gasteiger partial charge >= 0.3 is 15.6 Å². The van der Waals surface area contributed by atoms with Crippen molar-refractivity contribution in [3.8, 4) is 16.9 Å². The number of rotatable bonds is 3. The third-order valence-corrected chi connectivity index (χ3v) is 5.45. The summed E-state index contributed by atoms with van der Waals surface area (Å²) in [5, 5.41) is 3.06. The van der Waals surface area contributed by atoms with Gasteiger partial charge in [-0.1, -0.05) is 60.7 Å². The molecule has 8 heteroatoms. The molecule has 0 aliphatic heterocycles. The lowest BCUT2D eigenvalue weighted by Gasteiger charge is -2.16. The van der Waals surface area contributed by atoms with Crippen molar-refractivity contribution in [2.75, 3.05) is 0 Å². The Kier molecular flexibility index (Phi) is 4.46. The van der Waals surface area contributed by atoms with Crippen LogP contribution in [-0.2, 0) is 10.1 Å². The van der Waals surface area contributed by atoms with Gasteiger partial charge in [-0.05, 0) is 39.2 Å². The summed E-state index contributed by atoms with van der Waals surface area (Å²) in [6.45, 7) is 0. The van der Waals surface area contributed by atoms with Crippen molar-refractivity contribution in [3.63, 3.8) is 0 Å². The molecule has 0 radical (unpaired) electrons. The van der Waals surface area contributed by atoms with E-state index in [1.807, 2.05) is 18.2 Å². The summed E-state index contributed by atoms with van der Waals surface area (Å²) in [5.41, 5.74) is -5.43. The highest BCUT2D eigenvalue weighted by Gasteiger charge is 2.49. The van der Waals surface area contributed by atoms with E-state index in [-0.39, 0.29) is 5.56 Å². The molecule has 29 heavy (non-hydrogen) atoms. The Bertz CT molecular complexity index is 1350. The van der Waals surface area contributed by atoms with Gasteiger partial charge in [0, 0.05) is 5.56 Å². The first-order valence-corrected chi connectivity index (χ1v) is 9.80. The maximum atomic E-state index is 14.4. The molecule has 0 amide bonds. The van der Waals surface area contributed by atoms with Gasteiger partial charge in [0.15, 0.2) is 11.6 Å². The molecule has 0 bridgehead atoms. The third kappa shape index (κ3) is 3.29. The fourth-order valence-corrected chi connectivity index (χ4v) is 3.72. The second kappa shape index (κ2) is 6.73. The van der Waals surface area contributed by atoms with Crippen molar-refractivity contribution in [1.29, 1.82) is 0 Å². The van der Waals surface area contributed by atoms with E-state index in [4.69, 9.17) is 0 Å². The minimum atomic E-state index is -6.04. The van der Waals surface area contributed by atoms with Crippen LogP contribution in [0, 0.1) is 5.82 Å². The minimum absolute atomic E-state index is 0.0974. The lowest BCUT2D eigenvalue weighted by atomic mass is 9.93. The van der Waals surface area contributed by atoms with E-state index in [0.29, 0.717) is 10.9 Å². The van der Waals surface area contributed by atoms with Crippen LogP contribution in [0.2, 0.25) is 0 Å². The van der Waals surface area contributed by atoms with Gasteiger partial charge in [0.05, 0.1) is 0 Å². The van der Waals surface area contributed by atoms with Gasteiger partial charge in [-0.25, -0.2) is 4.39 Å². The first-order valence-electron chi connectivity index (χ1n) is 8.39. The topological polar surface area (TPSA) is 43.4 Å². The zero-order valence-corrected chi connectivity index (χ0v) is 15.4. The Hall–Kier alpha value is -3.13. The molecule has 0 aromatic heterocycles. The lowest BCUT2D eigenvalue weighted by molar-refractivity contribution is -0.0500. The van der Waals surface area contributed by atoms with Gasteiger partial charge in [-0.2, -0.15) is 21.6 Å². The molecular formula is C21H12F4O3S. The summed E-state index contributed by atoms with van der Waals surface area (Å²) in [7, 11) is -6.04. The Morgan fingerprint density at radius 1 is 0.724 bits per heavy atom. The second-order valence-corrected chi connectivity index (χ2v) is 7.83. The molecule has 0 heterocycles. The quantitative estimate of drug-likeness (QED) is 0.176. The van der Waals surface area contributed by atoms with Gasteiger partial charge in [-0.3, -0.25) is 0 Å². The first kappa shape index (κ1) is 19.2. The van der Waals surface area contributed by atoms with Crippen LogP contribution in [0.1, 0.15) is 0 Å². The van der Waals surface area contributed by atoms with E-state index in [0.717, 1.165) is 22.2 Å². The minimum Gasteiger partial charge on any atom is -0.372 e. The zero-order valence-electron chi connectivity index (χ0n) is 14.6. The first-order chi connectivity index (χ1) is 13.7. The molecule has 0 spiro atoms. The zero-order chi connectivity index (χ0) is 20.8. The molecule has 0 aliphatic rings. The fraction of sp³-hybridized carbons (Fsp3) is 0.0476. The lowest BCUT2D eigenvalue weighted by Crippen LogP contribution is -2.28. The van der Waals surface area contributed by atoms with E-state index in [2.05, 4.69) is 4.18 Å². The number of benzene rings is 4. The Balaban J connectivity index is 2.04. The summed E-state index contributed by atoms with van der Waals surface area (Å²) in [6, 6.07) is 19.5. The highest BCUT2D eigenvalue weighted by Crippen LogP contribution is 2.41. The summed E-state index contributed by atoms with van der Waals surface area (Å²) < 4.78 is 80.1. The van der Waals surface area contributed by atoms with Crippen molar-refractivity contribution in [2.24, 2.45) is 0 Å². The Morgan fingerprint density at radius 2 is 1.34 bits per heavy atom. The summed E-state index contributed by atoms with van der Waals surface area (Å²) in [5.74, 6) is -2.21. The summed E-state index contributed by atoms with van der Waals surface area (Å²) in [4.78, 5) is 0. The SMILES string of the molecule is O=S(=O)(Oc1c(F)cccc1-c1cc2ccccc2c2ccccc12)C(F)(F)F. The number of hydrogen-bond acceptors (Lipinski definition) is 3. The summed E-state index contributed by atoms with van der Waals surface area (Å²) >= 11 is 0. The van der Waals surface area contributed by atoms with Crippen molar-refractivity contribution in [2.45, 2.75) is 5.51 Å². The molecule has 148 valence electrons. The average molecular weight is 420 g/mol. The molecule has 0 saturated carbocycles. The highest BCUT2D eigenvalue weighted by molar-refractivity contribution is 7.88. The molecule has 3 nitrogen and oxygen atoms in total. The number of para-hydroxylation sites is 1.